The first-order chi connectivity index (χ1) is 8.16. The molecule has 7 nitrogen and oxygen atoms in total. The van der Waals surface area contributed by atoms with E-state index in [1.807, 2.05) is 0 Å². The number of nitrogens with zero attached hydrogens (tertiary/aromatic N) is 2. The quantitative estimate of drug-likeness (QED) is 0.717. The molecular weight excluding hydrogens is 238 g/mol. The van der Waals surface area contributed by atoms with Gasteiger partial charge >= 0.3 is 12.0 Å². The third kappa shape index (κ3) is 5.03. The Labute approximate surface area is 107 Å². The number of aliphatic carboxylic acids is 1. The van der Waals surface area contributed by atoms with Gasteiger partial charge in [0.25, 0.3) is 0 Å². The number of nitrogens with one attached hydrogen (secondary N) is 1. The second-order valence-electron chi connectivity index (χ2n) is 4.65. The second-order valence-corrected chi connectivity index (χ2v) is 4.65. The molecule has 0 aliphatic heterocycles. The second kappa shape index (κ2) is 6.83. The first kappa shape index (κ1) is 16.2. The molecule has 0 aromatic rings. The van der Waals surface area contributed by atoms with Gasteiger partial charge in [0, 0.05) is 21.1 Å². The summed E-state index contributed by atoms with van der Waals surface area (Å²) in [5.41, 5.74) is 0. The van der Waals surface area contributed by atoms with E-state index >= 15 is 0 Å². The number of carbonyl (C=O) groups excluding carboxylic acids is 2. The molecule has 0 spiro atoms. The molecule has 0 bridgehead atoms. The van der Waals surface area contributed by atoms with Gasteiger partial charge in [0.2, 0.25) is 5.91 Å². The van der Waals surface area contributed by atoms with Crippen LogP contribution < -0.4 is 5.32 Å². The van der Waals surface area contributed by atoms with Gasteiger partial charge in [-0.25, -0.2) is 9.59 Å². The minimum absolute atomic E-state index is 0.0940. The first-order valence-electron chi connectivity index (χ1n) is 5.61. The first-order valence-corrected chi connectivity index (χ1v) is 5.61. The largest absolute Gasteiger partial charge is 0.480 e. The van der Waals surface area contributed by atoms with E-state index in [-0.39, 0.29) is 18.4 Å². The lowest BCUT2D eigenvalue weighted by Crippen LogP contribution is -2.50. The van der Waals surface area contributed by atoms with Crippen molar-refractivity contribution in [3.05, 3.63) is 0 Å². The highest BCUT2D eigenvalue weighted by molar-refractivity contribution is 5.86. The molecule has 7 heteroatoms. The third-order valence-corrected chi connectivity index (χ3v) is 2.43. The summed E-state index contributed by atoms with van der Waals surface area (Å²) in [6.45, 7) is 3.30. The average molecular weight is 259 g/mol. The van der Waals surface area contributed by atoms with E-state index in [0.717, 1.165) is 4.90 Å². The van der Waals surface area contributed by atoms with Gasteiger partial charge in [-0.15, -0.1) is 0 Å². The summed E-state index contributed by atoms with van der Waals surface area (Å²) in [7, 11) is 4.61. The molecule has 18 heavy (non-hydrogen) atoms. The third-order valence-electron chi connectivity index (χ3n) is 2.43. The van der Waals surface area contributed by atoms with Gasteiger partial charge in [-0.1, -0.05) is 13.8 Å². The maximum absolute atomic E-state index is 11.7. The Morgan fingerprint density at radius 3 is 2.00 bits per heavy atom. The van der Waals surface area contributed by atoms with Crippen molar-refractivity contribution in [2.45, 2.75) is 19.9 Å². The van der Waals surface area contributed by atoms with E-state index in [0.29, 0.717) is 0 Å². The van der Waals surface area contributed by atoms with E-state index in [4.69, 9.17) is 5.11 Å². The zero-order valence-corrected chi connectivity index (χ0v) is 11.4. The predicted octanol–water partition coefficient (Wildman–Crippen LogP) is -0.175. The highest BCUT2D eigenvalue weighted by atomic mass is 16.4. The minimum atomic E-state index is -1.09. The molecule has 0 fully saturated rings. The number of hydrogen-bond donors (Lipinski definition) is 2. The number of carboxylic acid groups (broad SMARTS) is 1. The molecule has 0 saturated carbocycles. The Bertz CT molecular complexity index is 328. The summed E-state index contributed by atoms with van der Waals surface area (Å²) in [5, 5.41) is 11.3. The van der Waals surface area contributed by atoms with Crippen molar-refractivity contribution < 1.29 is 19.5 Å². The van der Waals surface area contributed by atoms with E-state index in [2.05, 4.69) is 5.32 Å². The molecule has 0 aliphatic carbocycles. The molecule has 0 radical (unpaired) electrons. The van der Waals surface area contributed by atoms with Crippen LogP contribution in [0.2, 0.25) is 0 Å². The Morgan fingerprint density at radius 1 is 1.17 bits per heavy atom. The number of carbonyl (C=O) groups is 3. The average Bonchev–Trinajstić information content (AvgIpc) is 2.23. The van der Waals surface area contributed by atoms with Crippen molar-refractivity contribution in [2.75, 3.05) is 27.7 Å². The van der Waals surface area contributed by atoms with Crippen LogP contribution in [0, 0.1) is 5.92 Å². The van der Waals surface area contributed by atoms with E-state index < -0.39 is 18.0 Å². The van der Waals surface area contributed by atoms with Gasteiger partial charge < -0.3 is 20.2 Å². The minimum Gasteiger partial charge on any atom is -0.480 e. The molecule has 0 aromatic heterocycles. The zero-order valence-electron chi connectivity index (χ0n) is 11.4. The number of carboxylic acids is 1. The number of urea groups is 1. The maximum Gasteiger partial charge on any atom is 0.326 e. The van der Waals surface area contributed by atoms with Crippen LogP contribution in [-0.4, -0.2) is 66.5 Å². The molecular formula is C11H21N3O4. The molecule has 2 N–H and O–H groups in total. The van der Waals surface area contributed by atoms with E-state index in [9.17, 15) is 14.4 Å². The summed E-state index contributed by atoms with van der Waals surface area (Å²) in [4.78, 5) is 36.5. The lowest BCUT2D eigenvalue weighted by atomic mass is 10.1. The van der Waals surface area contributed by atoms with Crippen LogP contribution in [0.1, 0.15) is 13.8 Å². The SMILES string of the molecule is CC(C)[C@H](NC(=O)N(C)CC(=O)N(C)C)C(=O)O. The standard InChI is InChI=1S/C11H21N3O4/c1-7(2)9(10(16)17)12-11(18)14(5)6-8(15)13(3)4/h7,9H,6H2,1-5H3,(H,12,18)(H,16,17)/t9-/m0/s1. The van der Waals surface area contributed by atoms with Gasteiger partial charge in [0.15, 0.2) is 0 Å². The lowest BCUT2D eigenvalue weighted by Gasteiger charge is -2.23. The fourth-order valence-corrected chi connectivity index (χ4v) is 1.17. The highest BCUT2D eigenvalue weighted by Gasteiger charge is 2.25. The van der Waals surface area contributed by atoms with Gasteiger partial charge in [-0.3, -0.25) is 4.79 Å². The number of hydrogen-bond acceptors (Lipinski definition) is 3. The van der Waals surface area contributed by atoms with Gasteiger partial charge in [0.05, 0.1) is 0 Å². The van der Waals surface area contributed by atoms with E-state index in [1.165, 1.54) is 11.9 Å². The van der Waals surface area contributed by atoms with Crippen molar-refractivity contribution >= 4 is 17.9 Å². The molecule has 0 unspecified atom stereocenters. The van der Waals surface area contributed by atoms with Gasteiger partial charge in [-0.2, -0.15) is 0 Å². The van der Waals surface area contributed by atoms with Crippen molar-refractivity contribution in [3.8, 4) is 0 Å². The Kier molecular flexibility index (Phi) is 6.15. The summed E-state index contributed by atoms with van der Waals surface area (Å²) >= 11 is 0. The number of rotatable bonds is 5. The molecule has 1 atom stereocenters. The van der Waals surface area contributed by atoms with Crippen LogP contribution in [0.15, 0.2) is 0 Å². The number of amides is 3. The number of likely N-dealkylation sites (N-methyl/N-ethyl adjacent to an activating group) is 2. The summed E-state index contributed by atoms with van der Waals surface area (Å²) in [5.74, 6) is -1.56. The molecule has 0 heterocycles. The molecule has 0 saturated heterocycles. The monoisotopic (exact) mass is 259 g/mol. The van der Waals surface area contributed by atoms with Crippen LogP contribution in [-0.2, 0) is 9.59 Å². The summed E-state index contributed by atoms with van der Waals surface area (Å²) in [6.07, 6.45) is 0. The fourth-order valence-electron chi connectivity index (χ4n) is 1.17. The topological polar surface area (TPSA) is 90.0 Å². The van der Waals surface area contributed by atoms with Crippen LogP contribution in [0.25, 0.3) is 0 Å². The van der Waals surface area contributed by atoms with Crippen molar-refractivity contribution in [2.24, 2.45) is 5.92 Å². The zero-order chi connectivity index (χ0) is 14.5. The molecule has 0 rings (SSSR count). The maximum atomic E-state index is 11.7. The Morgan fingerprint density at radius 2 is 1.67 bits per heavy atom. The highest BCUT2D eigenvalue weighted by Crippen LogP contribution is 2.02. The van der Waals surface area contributed by atoms with Crippen LogP contribution in [0.3, 0.4) is 0 Å². The normalized spacial score (nSPS) is 11.9. The van der Waals surface area contributed by atoms with Gasteiger partial charge in [0.1, 0.15) is 12.6 Å². The van der Waals surface area contributed by atoms with Crippen molar-refractivity contribution in [1.82, 2.24) is 15.1 Å². The van der Waals surface area contributed by atoms with Gasteiger partial charge in [-0.05, 0) is 5.92 Å². The smallest absolute Gasteiger partial charge is 0.326 e. The van der Waals surface area contributed by atoms with Crippen molar-refractivity contribution in [3.63, 3.8) is 0 Å². The lowest BCUT2D eigenvalue weighted by molar-refractivity contribution is -0.140. The van der Waals surface area contributed by atoms with Crippen LogP contribution in [0.5, 0.6) is 0 Å². The van der Waals surface area contributed by atoms with Crippen LogP contribution in [0.4, 0.5) is 4.79 Å². The van der Waals surface area contributed by atoms with Crippen LogP contribution >= 0.6 is 0 Å². The Hall–Kier alpha value is -1.79. The summed E-state index contributed by atoms with van der Waals surface area (Å²) in [6, 6.07) is -1.54. The molecule has 104 valence electrons. The predicted molar refractivity (Wildman–Crippen MR) is 66.1 cm³/mol. The van der Waals surface area contributed by atoms with E-state index in [1.54, 1.807) is 27.9 Å². The summed E-state index contributed by atoms with van der Waals surface area (Å²) < 4.78 is 0. The molecule has 3 amide bonds. The fraction of sp³-hybridized carbons (Fsp3) is 0.727. The van der Waals surface area contributed by atoms with Crippen molar-refractivity contribution in [1.29, 1.82) is 0 Å². The Balaban J connectivity index is 4.47. The molecule has 0 aromatic carbocycles. The molecule has 0 aliphatic rings.